The molecular formula is C6H3ClF3NO3S. The van der Waals surface area contributed by atoms with Crippen molar-refractivity contribution in [3.05, 3.63) is 17.6 Å². The summed E-state index contributed by atoms with van der Waals surface area (Å²) in [5.74, 6) is -3.11. The highest BCUT2D eigenvalue weighted by molar-refractivity contribution is 8.13. The van der Waals surface area contributed by atoms with Crippen molar-refractivity contribution in [3.63, 3.8) is 0 Å². The largest absolute Gasteiger partial charge is 0.503 e. The molecule has 1 heterocycles. The van der Waals surface area contributed by atoms with Crippen LogP contribution in [0.2, 0.25) is 0 Å². The van der Waals surface area contributed by atoms with Gasteiger partial charge < -0.3 is 5.11 Å². The summed E-state index contributed by atoms with van der Waals surface area (Å²) in [6.07, 6.45) is -3.24. The zero-order valence-electron chi connectivity index (χ0n) is 6.79. The van der Waals surface area contributed by atoms with E-state index in [2.05, 4.69) is 4.98 Å². The number of rotatable bonds is 2. The molecule has 0 atom stereocenters. The summed E-state index contributed by atoms with van der Waals surface area (Å²) < 4.78 is 58.4. The van der Waals surface area contributed by atoms with Crippen LogP contribution in [0.3, 0.4) is 0 Å². The quantitative estimate of drug-likeness (QED) is 0.651. The number of hydrogen-bond donors (Lipinski definition) is 1. The molecule has 1 aromatic heterocycles. The highest BCUT2D eigenvalue weighted by Gasteiger charge is 2.23. The normalized spacial score (nSPS) is 12.1. The fourth-order valence-electron chi connectivity index (χ4n) is 0.794. The number of nitrogens with zero attached hydrogens (tertiary/aromatic N) is 1. The minimum atomic E-state index is -4.42. The molecule has 0 saturated heterocycles. The van der Waals surface area contributed by atoms with Gasteiger partial charge in [0.15, 0.2) is 10.8 Å². The third kappa shape index (κ3) is 2.51. The first-order valence-electron chi connectivity index (χ1n) is 3.35. The van der Waals surface area contributed by atoms with Crippen molar-refractivity contribution in [2.45, 2.75) is 11.5 Å². The summed E-state index contributed by atoms with van der Waals surface area (Å²) in [5.41, 5.74) is -1.18. The highest BCUT2D eigenvalue weighted by atomic mass is 35.7. The molecule has 0 bridgehead atoms. The van der Waals surface area contributed by atoms with E-state index in [1.165, 1.54) is 0 Å². The van der Waals surface area contributed by atoms with Gasteiger partial charge in [-0.2, -0.15) is 4.39 Å². The van der Waals surface area contributed by atoms with Crippen LogP contribution in [0, 0.1) is 5.95 Å². The number of aromatic nitrogens is 1. The molecule has 0 spiro atoms. The van der Waals surface area contributed by atoms with E-state index in [4.69, 9.17) is 15.8 Å². The fourth-order valence-corrected chi connectivity index (χ4v) is 1.49. The Morgan fingerprint density at radius 3 is 2.40 bits per heavy atom. The lowest BCUT2D eigenvalue weighted by atomic mass is 10.2. The Labute approximate surface area is 86.7 Å². The van der Waals surface area contributed by atoms with Gasteiger partial charge in [-0.05, 0) is 6.07 Å². The lowest BCUT2D eigenvalue weighted by molar-refractivity contribution is 0.145. The van der Waals surface area contributed by atoms with Gasteiger partial charge in [0.1, 0.15) is 0 Å². The smallest absolute Gasteiger partial charge is 0.278 e. The standard InChI is InChI=1S/C6H3ClF3NO3S/c7-15(13,14)3-1-2(5(8)9)4(12)6(10)11-3/h1,5,12H. The Hall–Kier alpha value is -1.02. The Kier molecular flexibility index (Phi) is 3.10. The van der Waals surface area contributed by atoms with Gasteiger partial charge in [-0.25, -0.2) is 22.2 Å². The third-order valence-electron chi connectivity index (χ3n) is 1.44. The van der Waals surface area contributed by atoms with E-state index in [0.29, 0.717) is 6.07 Å². The van der Waals surface area contributed by atoms with Crippen LogP contribution in [0.1, 0.15) is 12.0 Å². The fraction of sp³-hybridized carbons (Fsp3) is 0.167. The second-order valence-electron chi connectivity index (χ2n) is 2.43. The van der Waals surface area contributed by atoms with E-state index in [9.17, 15) is 21.6 Å². The molecule has 0 amide bonds. The molecular weight excluding hydrogens is 259 g/mol. The Morgan fingerprint density at radius 2 is 2.00 bits per heavy atom. The van der Waals surface area contributed by atoms with E-state index in [0.717, 1.165) is 0 Å². The average Bonchev–Trinajstić information content (AvgIpc) is 2.06. The van der Waals surface area contributed by atoms with Crippen molar-refractivity contribution in [1.82, 2.24) is 4.98 Å². The van der Waals surface area contributed by atoms with Gasteiger partial charge in [0.05, 0.1) is 5.56 Å². The third-order valence-corrected chi connectivity index (χ3v) is 2.62. The van der Waals surface area contributed by atoms with Gasteiger partial charge >= 0.3 is 0 Å². The van der Waals surface area contributed by atoms with Gasteiger partial charge in [0.2, 0.25) is 0 Å². The summed E-state index contributed by atoms with van der Waals surface area (Å²) in [4.78, 5) is 2.72. The molecule has 1 N–H and O–H groups in total. The van der Waals surface area contributed by atoms with Crippen LogP contribution in [-0.4, -0.2) is 18.5 Å². The van der Waals surface area contributed by atoms with E-state index in [-0.39, 0.29) is 0 Å². The van der Waals surface area contributed by atoms with E-state index < -0.39 is 37.8 Å². The first kappa shape index (κ1) is 12.1. The number of alkyl halides is 2. The molecule has 0 radical (unpaired) electrons. The number of pyridine rings is 1. The summed E-state index contributed by atoms with van der Waals surface area (Å²) in [6, 6.07) is 0.311. The van der Waals surface area contributed by atoms with Crippen LogP contribution < -0.4 is 0 Å². The predicted octanol–water partition coefficient (Wildman–Crippen LogP) is 1.79. The van der Waals surface area contributed by atoms with Crippen LogP contribution in [0.15, 0.2) is 11.1 Å². The minimum Gasteiger partial charge on any atom is -0.503 e. The monoisotopic (exact) mass is 261 g/mol. The van der Waals surface area contributed by atoms with E-state index in [1.54, 1.807) is 0 Å². The summed E-state index contributed by atoms with van der Waals surface area (Å²) in [7, 11) is 0.355. The van der Waals surface area contributed by atoms with Crippen molar-refractivity contribution in [3.8, 4) is 5.75 Å². The Morgan fingerprint density at radius 1 is 1.47 bits per heavy atom. The number of halogens is 4. The summed E-state index contributed by atoms with van der Waals surface area (Å²) in [5, 5.41) is 7.73. The second kappa shape index (κ2) is 3.86. The first-order valence-corrected chi connectivity index (χ1v) is 5.66. The maximum atomic E-state index is 12.7. The minimum absolute atomic E-state index is 0.311. The van der Waals surface area contributed by atoms with E-state index in [1.807, 2.05) is 0 Å². The zero-order chi connectivity index (χ0) is 11.8. The lowest BCUT2D eigenvalue weighted by Crippen LogP contribution is -2.01. The molecule has 0 saturated carbocycles. The molecule has 84 valence electrons. The van der Waals surface area contributed by atoms with Crippen LogP contribution >= 0.6 is 10.7 Å². The molecule has 4 nitrogen and oxygen atoms in total. The number of hydrogen-bond acceptors (Lipinski definition) is 4. The van der Waals surface area contributed by atoms with Gasteiger partial charge in [-0.15, -0.1) is 0 Å². The second-order valence-corrected chi connectivity index (χ2v) is 4.94. The van der Waals surface area contributed by atoms with Gasteiger partial charge in [-0.3, -0.25) is 0 Å². The Balaban J connectivity index is 3.50. The van der Waals surface area contributed by atoms with Crippen LogP contribution in [0.5, 0.6) is 5.75 Å². The van der Waals surface area contributed by atoms with Gasteiger partial charge in [0.25, 0.3) is 21.4 Å². The number of aromatic hydroxyl groups is 1. The highest BCUT2D eigenvalue weighted by Crippen LogP contribution is 2.31. The molecule has 0 aliphatic rings. The summed E-state index contributed by atoms with van der Waals surface area (Å²) in [6.45, 7) is 0. The Bertz CT molecular complexity index is 491. The molecule has 0 unspecified atom stereocenters. The predicted molar refractivity (Wildman–Crippen MR) is 43.9 cm³/mol. The molecule has 0 aromatic carbocycles. The molecule has 0 aliphatic carbocycles. The SMILES string of the molecule is O=S(=O)(Cl)c1cc(C(F)F)c(O)c(F)n1. The topological polar surface area (TPSA) is 67.3 Å². The van der Waals surface area contributed by atoms with Gasteiger partial charge in [0, 0.05) is 10.7 Å². The maximum absolute atomic E-state index is 12.7. The molecule has 1 aromatic rings. The van der Waals surface area contributed by atoms with Crippen molar-refractivity contribution in [2.24, 2.45) is 0 Å². The van der Waals surface area contributed by atoms with Crippen molar-refractivity contribution in [2.75, 3.05) is 0 Å². The lowest BCUT2D eigenvalue weighted by Gasteiger charge is -2.05. The summed E-state index contributed by atoms with van der Waals surface area (Å²) >= 11 is 0. The van der Waals surface area contributed by atoms with Crippen molar-refractivity contribution < 1.29 is 26.7 Å². The average molecular weight is 262 g/mol. The van der Waals surface area contributed by atoms with Crippen molar-refractivity contribution in [1.29, 1.82) is 0 Å². The maximum Gasteiger partial charge on any atom is 0.278 e. The zero-order valence-corrected chi connectivity index (χ0v) is 8.36. The molecule has 0 aliphatic heterocycles. The van der Waals surface area contributed by atoms with E-state index >= 15 is 0 Å². The molecule has 0 fully saturated rings. The molecule has 15 heavy (non-hydrogen) atoms. The first-order chi connectivity index (χ1) is 6.73. The molecule has 9 heteroatoms. The van der Waals surface area contributed by atoms with Gasteiger partial charge in [-0.1, -0.05) is 0 Å². The van der Waals surface area contributed by atoms with Crippen molar-refractivity contribution >= 4 is 19.7 Å². The van der Waals surface area contributed by atoms with Crippen LogP contribution in [0.4, 0.5) is 13.2 Å². The van der Waals surface area contributed by atoms with Crippen LogP contribution in [-0.2, 0) is 9.05 Å². The van der Waals surface area contributed by atoms with Crippen LogP contribution in [0.25, 0.3) is 0 Å². The molecule has 1 rings (SSSR count).